The highest BCUT2D eigenvalue weighted by molar-refractivity contribution is 5.95. The Balaban J connectivity index is 1.40. The molecule has 3 heterocycles. The van der Waals surface area contributed by atoms with Gasteiger partial charge in [-0.05, 0) is 69.5 Å². The fourth-order valence-corrected chi connectivity index (χ4v) is 4.91. The Morgan fingerprint density at radius 1 is 1.12 bits per heavy atom. The van der Waals surface area contributed by atoms with Crippen molar-refractivity contribution in [2.75, 3.05) is 32.8 Å². The predicted octanol–water partition coefficient (Wildman–Crippen LogP) is 3.70. The van der Waals surface area contributed by atoms with Crippen LogP contribution in [0.5, 0.6) is 11.5 Å². The monoisotopic (exact) mass is 451 g/mol. The molecule has 7 nitrogen and oxygen atoms in total. The van der Waals surface area contributed by atoms with Gasteiger partial charge in [-0.25, -0.2) is 0 Å². The largest absolute Gasteiger partial charge is 0.507 e. The SMILES string of the molecule is O=Cc1c(O)cccc1OCC[C@@H]1CCCCN1C(=O)c1cccnc1CCN1CCCC1. The third-order valence-corrected chi connectivity index (χ3v) is 6.74. The number of benzene rings is 1. The highest BCUT2D eigenvalue weighted by atomic mass is 16.5. The summed E-state index contributed by atoms with van der Waals surface area (Å²) < 4.78 is 5.82. The number of phenols is 1. The van der Waals surface area contributed by atoms with Crippen molar-refractivity contribution >= 4 is 12.2 Å². The second-order valence-electron chi connectivity index (χ2n) is 8.89. The van der Waals surface area contributed by atoms with Crippen LogP contribution < -0.4 is 4.74 Å². The summed E-state index contributed by atoms with van der Waals surface area (Å²) in [5, 5.41) is 9.85. The number of pyridine rings is 1. The number of likely N-dealkylation sites (tertiary alicyclic amines) is 2. The molecule has 0 saturated carbocycles. The minimum atomic E-state index is -0.0880. The number of ether oxygens (including phenoxy) is 1. The van der Waals surface area contributed by atoms with Crippen LogP contribution in [0.25, 0.3) is 0 Å². The molecule has 2 aliphatic rings. The smallest absolute Gasteiger partial charge is 0.255 e. The van der Waals surface area contributed by atoms with Gasteiger partial charge in [0.1, 0.15) is 11.5 Å². The molecule has 0 bridgehead atoms. The fourth-order valence-electron chi connectivity index (χ4n) is 4.91. The lowest BCUT2D eigenvalue weighted by molar-refractivity contribution is 0.0578. The molecular weight excluding hydrogens is 418 g/mol. The zero-order valence-corrected chi connectivity index (χ0v) is 19.1. The Morgan fingerprint density at radius 2 is 1.94 bits per heavy atom. The zero-order valence-electron chi connectivity index (χ0n) is 19.1. The Morgan fingerprint density at radius 3 is 2.76 bits per heavy atom. The number of amides is 1. The molecule has 33 heavy (non-hydrogen) atoms. The van der Waals surface area contributed by atoms with Crippen LogP contribution in [0.2, 0.25) is 0 Å². The number of carbonyl (C=O) groups excluding carboxylic acids is 2. The molecule has 7 heteroatoms. The quantitative estimate of drug-likeness (QED) is 0.586. The first-order valence-corrected chi connectivity index (χ1v) is 12.0. The second-order valence-corrected chi connectivity index (χ2v) is 8.89. The number of aromatic nitrogens is 1. The standard InChI is InChI=1S/C26H33N3O4/c30-19-22-24(31)9-5-10-25(22)33-18-12-20-7-1-2-16-29(20)26(32)21-8-6-13-27-23(21)11-17-28-14-3-4-15-28/h5-6,8-10,13,19-20,31H,1-4,7,11-12,14-18H2/t20-/m0/s1. The molecule has 0 spiro atoms. The number of carbonyl (C=O) groups is 2. The van der Waals surface area contributed by atoms with E-state index < -0.39 is 0 Å². The minimum Gasteiger partial charge on any atom is -0.507 e. The molecule has 1 aromatic heterocycles. The highest BCUT2D eigenvalue weighted by Crippen LogP contribution is 2.27. The first kappa shape index (κ1) is 23.2. The zero-order chi connectivity index (χ0) is 23.0. The first-order chi connectivity index (χ1) is 16.2. The molecule has 2 aromatic rings. The van der Waals surface area contributed by atoms with E-state index in [1.165, 1.54) is 18.9 Å². The average molecular weight is 452 g/mol. The first-order valence-electron chi connectivity index (χ1n) is 12.0. The Labute approximate surface area is 195 Å². The van der Waals surface area contributed by atoms with Crippen molar-refractivity contribution in [1.29, 1.82) is 0 Å². The van der Waals surface area contributed by atoms with Crippen LogP contribution in [0.1, 0.15) is 64.9 Å². The van der Waals surface area contributed by atoms with Gasteiger partial charge in [-0.1, -0.05) is 6.07 Å². The summed E-state index contributed by atoms with van der Waals surface area (Å²) in [6.07, 6.45) is 9.34. The van der Waals surface area contributed by atoms with Gasteiger partial charge >= 0.3 is 0 Å². The number of rotatable bonds is 9. The summed E-state index contributed by atoms with van der Waals surface area (Å²) in [6, 6.07) is 8.62. The van der Waals surface area contributed by atoms with Gasteiger partial charge in [0.15, 0.2) is 6.29 Å². The molecule has 0 aliphatic carbocycles. The molecule has 1 N–H and O–H groups in total. The van der Waals surface area contributed by atoms with Gasteiger partial charge in [-0.2, -0.15) is 0 Å². The van der Waals surface area contributed by atoms with Crippen molar-refractivity contribution in [1.82, 2.24) is 14.8 Å². The van der Waals surface area contributed by atoms with E-state index in [1.54, 1.807) is 18.3 Å². The van der Waals surface area contributed by atoms with Gasteiger partial charge < -0.3 is 19.6 Å². The van der Waals surface area contributed by atoms with Crippen molar-refractivity contribution in [3.63, 3.8) is 0 Å². The second kappa shape index (κ2) is 11.3. The van der Waals surface area contributed by atoms with Crippen LogP contribution in [0.3, 0.4) is 0 Å². The lowest BCUT2D eigenvalue weighted by Crippen LogP contribution is -2.44. The summed E-state index contributed by atoms with van der Waals surface area (Å²) in [7, 11) is 0. The highest BCUT2D eigenvalue weighted by Gasteiger charge is 2.29. The van der Waals surface area contributed by atoms with Crippen molar-refractivity contribution in [2.45, 2.75) is 51.0 Å². The maximum absolute atomic E-state index is 13.6. The summed E-state index contributed by atoms with van der Waals surface area (Å²) in [5.41, 5.74) is 1.75. The van der Waals surface area contributed by atoms with Gasteiger partial charge in [0.2, 0.25) is 0 Å². The maximum atomic E-state index is 13.6. The molecule has 0 unspecified atom stereocenters. The number of phenolic OH excluding ortho intramolecular Hbond substituents is 1. The van der Waals surface area contributed by atoms with Gasteiger partial charge in [-0.15, -0.1) is 0 Å². The Hall–Kier alpha value is -2.93. The Kier molecular flexibility index (Phi) is 7.94. The molecule has 176 valence electrons. The fraction of sp³-hybridized carbons (Fsp3) is 0.500. The molecule has 4 rings (SSSR count). The van der Waals surface area contributed by atoms with Gasteiger partial charge in [0.05, 0.1) is 23.4 Å². The third-order valence-electron chi connectivity index (χ3n) is 6.74. The molecule has 1 atom stereocenters. The Bertz CT molecular complexity index is 958. The van der Waals surface area contributed by atoms with Crippen LogP contribution in [0.4, 0.5) is 0 Å². The number of aromatic hydroxyl groups is 1. The topological polar surface area (TPSA) is 83.0 Å². The van der Waals surface area contributed by atoms with E-state index in [4.69, 9.17) is 4.74 Å². The predicted molar refractivity (Wildman–Crippen MR) is 126 cm³/mol. The number of aldehydes is 1. The molecule has 1 aromatic carbocycles. The number of nitrogens with zero attached hydrogens (tertiary/aromatic N) is 3. The van der Waals surface area contributed by atoms with Crippen LogP contribution in [-0.2, 0) is 6.42 Å². The van der Waals surface area contributed by atoms with Crippen LogP contribution in [0, 0.1) is 0 Å². The van der Waals surface area contributed by atoms with E-state index in [-0.39, 0.29) is 23.3 Å². The van der Waals surface area contributed by atoms with Gasteiger partial charge in [-0.3, -0.25) is 14.6 Å². The van der Waals surface area contributed by atoms with E-state index in [1.807, 2.05) is 17.0 Å². The molecule has 0 radical (unpaired) electrons. The summed E-state index contributed by atoms with van der Waals surface area (Å²) >= 11 is 0. The van der Waals surface area contributed by atoms with Crippen molar-refractivity contribution in [3.05, 3.63) is 53.3 Å². The van der Waals surface area contributed by atoms with Crippen LogP contribution in [0.15, 0.2) is 36.5 Å². The maximum Gasteiger partial charge on any atom is 0.255 e. The summed E-state index contributed by atoms with van der Waals surface area (Å²) in [5.74, 6) is 0.334. The van der Waals surface area contributed by atoms with E-state index in [2.05, 4.69) is 9.88 Å². The number of piperidine rings is 1. The van der Waals surface area contributed by atoms with Crippen molar-refractivity contribution < 1.29 is 19.4 Å². The number of hydrogen-bond donors (Lipinski definition) is 1. The number of hydrogen-bond acceptors (Lipinski definition) is 6. The minimum absolute atomic E-state index is 0.0511. The van der Waals surface area contributed by atoms with Crippen molar-refractivity contribution in [2.24, 2.45) is 0 Å². The lowest BCUT2D eigenvalue weighted by atomic mass is 9.97. The van der Waals surface area contributed by atoms with E-state index >= 15 is 0 Å². The van der Waals surface area contributed by atoms with Gasteiger partial charge in [0.25, 0.3) is 5.91 Å². The normalized spacial score (nSPS) is 18.9. The summed E-state index contributed by atoms with van der Waals surface area (Å²) in [4.78, 5) is 33.8. The molecular formula is C26H33N3O4. The summed E-state index contributed by atoms with van der Waals surface area (Å²) in [6.45, 7) is 4.31. The van der Waals surface area contributed by atoms with Crippen molar-refractivity contribution in [3.8, 4) is 11.5 Å². The van der Waals surface area contributed by atoms with Gasteiger partial charge in [0, 0.05) is 38.2 Å². The molecule has 1 amide bonds. The molecule has 2 aliphatic heterocycles. The third kappa shape index (κ3) is 5.71. The lowest BCUT2D eigenvalue weighted by Gasteiger charge is -2.36. The molecule has 2 saturated heterocycles. The van der Waals surface area contributed by atoms with Crippen LogP contribution in [-0.4, -0.2) is 70.9 Å². The van der Waals surface area contributed by atoms with E-state index in [0.717, 1.165) is 57.6 Å². The van der Waals surface area contributed by atoms with E-state index in [9.17, 15) is 14.7 Å². The van der Waals surface area contributed by atoms with Crippen LogP contribution >= 0.6 is 0 Å². The average Bonchev–Trinajstić information content (AvgIpc) is 3.37. The van der Waals surface area contributed by atoms with E-state index in [0.29, 0.717) is 30.6 Å². The molecule has 2 fully saturated rings.